The van der Waals surface area contributed by atoms with Crippen LogP contribution in [0.2, 0.25) is 0 Å². The first-order chi connectivity index (χ1) is 10.1. The van der Waals surface area contributed by atoms with Crippen LogP contribution in [0.25, 0.3) is 10.8 Å². The molecule has 4 nitrogen and oxygen atoms in total. The van der Waals surface area contributed by atoms with E-state index in [1.54, 1.807) is 13.0 Å². The molecule has 106 valence electrons. The average Bonchev–Trinajstić information content (AvgIpc) is 2.86. The molecule has 0 bridgehead atoms. The molecule has 0 saturated carbocycles. The van der Waals surface area contributed by atoms with Gasteiger partial charge in [-0.25, -0.2) is 4.79 Å². The molecular weight excluding hydrogens is 266 g/mol. The zero-order chi connectivity index (χ0) is 14.8. The highest BCUT2D eigenvalue weighted by molar-refractivity contribution is 5.86. The van der Waals surface area contributed by atoms with Crippen LogP contribution in [0, 0.1) is 6.92 Å². The van der Waals surface area contributed by atoms with E-state index < -0.39 is 5.97 Å². The summed E-state index contributed by atoms with van der Waals surface area (Å²) in [5.74, 6) is -0.446. The van der Waals surface area contributed by atoms with Crippen molar-refractivity contribution in [1.82, 2.24) is 0 Å². The summed E-state index contributed by atoms with van der Waals surface area (Å²) in [6.45, 7) is 2.30. The molecule has 0 saturated heterocycles. The first-order valence-corrected chi connectivity index (χ1v) is 6.69. The number of rotatable bonds is 4. The van der Waals surface area contributed by atoms with Gasteiger partial charge in [0.05, 0.1) is 0 Å². The monoisotopic (exact) mass is 281 g/mol. The highest BCUT2D eigenvalue weighted by Crippen LogP contribution is 2.21. The smallest absolute Gasteiger partial charge is 0.371 e. The molecule has 0 aliphatic rings. The van der Waals surface area contributed by atoms with Crippen molar-refractivity contribution in [3.05, 3.63) is 65.6 Å². The number of aryl methyl sites for hydroxylation is 1. The van der Waals surface area contributed by atoms with Gasteiger partial charge in [-0.05, 0) is 35.9 Å². The largest absolute Gasteiger partial charge is 0.475 e. The summed E-state index contributed by atoms with van der Waals surface area (Å²) in [6, 6.07) is 15.8. The first-order valence-electron chi connectivity index (χ1n) is 6.69. The predicted molar refractivity (Wildman–Crippen MR) is 81.7 cm³/mol. The second-order valence-corrected chi connectivity index (χ2v) is 4.91. The van der Waals surface area contributed by atoms with Gasteiger partial charge in [-0.15, -0.1) is 0 Å². The Hall–Kier alpha value is -2.75. The summed E-state index contributed by atoms with van der Waals surface area (Å²) in [5.41, 5.74) is 1.84. The molecular formula is C17H15NO3. The number of carbonyl (C=O) groups is 1. The van der Waals surface area contributed by atoms with E-state index in [1.165, 1.54) is 5.39 Å². The van der Waals surface area contributed by atoms with Crippen LogP contribution in [-0.4, -0.2) is 11.1 Å². The van der Waals surface area contributed by atoms with Gasteiger partial charge < -0.3 is 14.8 Å². The maximum atomic E-state index is 10.9. The minimum Gasteiger partial charge on any atom is -0.475 e. The van der Waals surface area contributed by atoms with Gasteiger partial charge in [-0.3, -0.25) is 0 Å². The van der Waals surface area contributed by atoms with Crippen molar-refractivity contribution in [3.63, 3.8) is 0 Å². The van der Waals surface area contributed by atoms with E-state index in [9.17, 15) is 4.79 Å². The molecule has 3 aromatic rings. The highest BCUT2D eigenvalue weighted by atomic mass is 16.4. The van der Waals surface area contributed by atoms with Crippen molar-refractivity contribution in [3.8, 4) is 0 Å². The van der Waals surface area contributed by atoms with Crippen LogP contribution < -0.4 is 5.32 Å². The Morgan fingerprint density at radius 2 is 1.90 bits per heavy atom. The van der Waals surface area contributed by atoms with Gasteiger partial charge in [0, 0.05) is 17.8 Å². The number of hydrogen-bond donors (Lipinski definition) is 2. The third-order valence-electron chi connectivity index (χ3n) is 3.46. The minimum atomic E-state index is -1.05. The van der Waals surface area contributed by atoms with E-state index in [0.717, 1.165) is 16.6 Å². The lowest BCUT2D eigenvalue weighted by Gasteiger charge is -2.07. The number of anilines is 1. The first kappa shape index (κ1) is 13.2. The van der Waals surface area contributed by atoms with Gasteiger partial charge in [-0.1, -0.05) is 30.3 Å². The minimum absolute atomic E-state index is 0.0252. The Kier molecular flexibility index (Phi) is 3.36. The Morgan fingerprint density at radius 3 is 2.62 bits per heavy atom. The van der Waals surface area contributed by atoms with Crippen LogP contribution in [0.5, 0.6) is 0 Å². The number of hydrogen-bond acceptors (Lipinski definition) is 3. The molecule has 0 spiro atoms. The van der Waals surface area contributed by atoms with Gasteiger partial charge in [0.2, 0.25) is 5.76 Å². The van der Waals surface area contributed by atoms with E-state index in [0.29, 0.717) is 12.3 Å². The predicted octanol–water partition coefficient (Wildman–Crippen LogP) is 4.05. The Labute approximate surface area is 122 Å². The van der Waals surface area contributed by atoms with Crippen molar-refractivity contribution in [2.24, 2.45) is 0 Å². The third kappa shape index (κ3) is 2.74. The molecule has 3 rings (SSSR count). The van der Waals surface area contributed by atoms with E-state index in [-0.39, 0.29) is 5.76 Å². The van der Waals surface area contributed by atoms with Crippen LogP contribution in [-0.2, 0) is 6.54 Å². The van der Waals surface area contributed by atoms with E-state index in [4.69, 9.17) is 9.52 Å². The summed E-state index contributed by atoms with van der Waals surface area (Å²) < 4.78 is 5.20. The van der Waals surface area contributed by atoms with Crippen LogP contribution >= 0.6 is 0 Å². The standard InChI is InChI=1S/C17H15NO3/c1-11-14(9-16(21-11)17(19)20)10-18-15-7-6-12-4-2-3-5-13(12)8-15/h2-9,18H,10H2,1H3,(H,19,20). The van der Waals surface area contributed by atoms with Crippen LogP contribution in [0.3, 0.4) is 0 Å². The number of fused-ring (bicyclic) bond motifs is 1. The number of furan rings is 1. The lowest BCUT2D eigenvalue weighted by Crippen LogP contribution is -1.99. The van der Waals surface area contributed by atoms with Crippen LogP contribution in [0.4, 0.5) is 5.69 Å². The topological polar surface area (TPSA) is 62.5 Å². The van der Waals surface area contributed by atoms with Gasteiger partial charge >= 0.3 is 5.97 Å². The van der Waals surface area contributed by atoms with Gasteiger partial charge in [-0.2, -0.15) is 0 Å². The molecule has 0 unspecified atom stereocenters. The Balaban J connectivity index is 1.78. The lowest BCUT2D eigenvalue weighted by atomic mass is 10.1. The summed E-state index contributed by atoms with van der Waals surface area (Å²) >= 11 is 0. The SMILES string of the molecule is Cc1oc(C(=O)O)cc1CNc1ccc2ccccc2c1. The summed E-state index contributed by atoms with van der Waals surface area (Å²) in [5, 5.41) is 14.6. The van der Waals surface area contributed by atoms with Gasteiger partial charge in [0.15, 0.2) is 0 Å². The highest BCUT2D eigenvalue weighted by Gasteiger charge is 2.12. The fourth-order valence-electron chi connectivity index (χ4n) is 2.30. The molecule has 0 fully saturated rings. The second kappa shape index (κ2) is 5.32. The molecule has 0 aliphatic carbocycles. The normalized spacial score (nSPS) is 10.7. The maximum Gasteiger partial charge on any atom is 0.371 e. The average molecular weight is 281 g/mol. The van der Waals surface area contributed by atoms with Crippen LogP contribution in [0.1, 0.15) is 21.9 Å². The van der Waals surface area contributed by atoms with Crippen LogP contribution in [0.15, 0.2) is 52.9 Å². The Morgan fingerprint density at radius 1 is 1.14 bits per heavy atom. The second-order valence-electron chi connectivity index (χ2n) is 4.91. The number of aromatic carboxylic acids is 1. The fraction of sp³-hybridized carbons (Fsp3) is 0.118. The molecule has 1 heterocycles. The van der Waals surface area contributed by atoms with E-state index in [1.807, 2.05) is 18.2 Å². The van der Waals surface area contributed by atoms with Crippen molar-refractivity contribution in [2.75, 3.05) is 5.32 Å². The van der Waals surface area contributed by atoms with Crippen molar-refractivity contribution in [1.29, 1.82) is 0 Å². The van der Waals surface area contributed by atoms with E-state index >= 15 is 0 Å². The maximum absolute atomic E-state index is 10.9. The number of nitrogens with one attached hydrogen (secondary N) is 1. The summed E-state index contributed by atoms with van der Waals surface area (Å²) in [7, 11) is 0. The lowest BCUT2D eigenvalue weighted by molar-refractivity contribution is 0.0661. The van der Waals surface area contributed by atoms with Crippen molar-refractivity contribution < 1.29 is 14.3 Å². The zero-order valence-corrected chi connectivity index (χ0v) is 11.6. The number of carboxylic acids is 1. The summed E-state index contributed by atoms with van der Waals surface area (Å²) in [4.78, 5) is 10.9. The molecule has 0 radical (unpaired) electrons. The molecule has 1 aromatic heterocycles. The molecule has 4 heteroatoms. The van der Waals surface area contributed by atoms with Crippen molar-refractivity contribution in [2.45, 2.75) is 13.5 Å². The summed E-state index contributed by atoms with van der Waals surface area (Å²) in [6.07, 6.45) is 0. The molecule has 21 heavy (non-hydrogen) atoms. The van der Waals surface area contributed by atoms with Crippen molar-refractivity contribution >= 4 is 22.4 Å². The molecule has 2 aromatic carbocycles. The Bertz CT molecular complexity index is 805. The molecule has 0 atom stereocenters. The zero-order valence-electron chi connectivity index (χ0n) is 11.6. The number of benzene rings is 2. The third-order valence-corrected chi connectivity index (χ3v) is 3.46. The molecule has 0 aliphatic heterocycles. The quantitative estimate of drug-likeness (QED) is 0.757. The fourth-order valence-corrected chi connectivity index (χ4v) is 2.30. The van der Waals surface area contributed by atoms with Gasteiger partial charge in [0.1, 0.15) is 5.76 Å². The molecule has 2 N–H and O–H groups in total. The number of carboxylic acid groups (broad SMARTS) is 1. The van der Waals surface area contributed by atoms with E-state index in [2.05, 4.69) is 29.6 Å². The van der Waals surface area contributed by atoms with Gasteiger partial charge in [0.25, 0.3) is 0 Å². The molecule has 0 amide bonds.